The number of amides is 1. The third kappa shape index (κ3) is 3.14. The van der Waals surface area contributed by atoms with Gasteiger partial charge < -0.3 is 5.32 Å². The van der Waals surface area contributed by atoms with Crippen molar-refractivity contribution >= 4 is 5.91 Å². The van der Waals surface area contributed by atoms with Crippen LogP contribution in [0.25, 0.3) is 22.8 Å². The van der Waals surface area contributed by atoms with Crippen molar-refractivity contribution in [3.8, 4) is 22.8 Å². The number of alkyl halides is 3. The Bertz CT molecular complexity index is 1040. The first-order valence-corrected chi connectivity index (χ1v) is 7.89. The molecular weight excluding hydrogens is 366 g/mol. The van der Waals surface area contributed by atoms with Gasteiger partial charge >= 0.3 is 6.18 Å². The molecule has 10 heteroatoms. The van der Waals surface area contributed by atoms with E-state index in [1.54, 1.807) is 0 Å². The van der Waals surface area contributed by atoms with Crippen LogP contribution in [0.3, 0.4) is 0 Å². The molecule has 0 unspecified atom stereocenters. The molecule has 0 atom stereocenters. The second kappa shape index (κ2) is 6.15. The molecule has 1 aliphatic heterocycles. The minimum Gasteiger partial charge on any atom is -0.349 e. The number of halogens is 4. The van der Waals surface area contributed by atoms with Crippen LogP contribution in [0, 0.1) is 5.82 Å². The van der Waals surface area contributed by atoms with E-state index in [0.29, 0.717) is 30.5 Å². The average Bonchev–Trinajstić information content (AvgIpc) is 3.06. The highest BCUT2D eigenvalue weighted by Crippen LogP contribution is 2.36. The molecule has 138 valence electrons. The molecule has 4 rings (SSSR count). The summed E-state index contributed by atoms with van der Waals surface area (Å²) >= 11 is 0. The molecule has 3 heterocycles. The molecule has 0 radical (unpaired) electrons. The smallest absolute Gasteiger partial charge is 0.349 e. The molecule has 0 saturated carbocycles. The summed E-state index contributed by atoms with van der Waals surface area (Å²) in [6, 6.07) is 5.09. The first-order valence-electron chi connectivity index (χ1n) is 7.89. The monoisotopic (exact) mass is 377 g/mol. The van der Waals surface area contributed by atoms with E-state index >= 15 is 0 Å². The van der Waals surface area contributed by atoms with Crippen LogP contribution in [0.15, 0.2) is 36.5 Å². The van der Waals surface area contributed by atoms with Crippen molar-refractivity contribution in [2.75, 3.05) is 6.54 Å². The van der Waals surface area contributed by atoms with Crippen molar-refractivity contribution in [2.24, 2.45) is 0 Å². The fourth-order valence-electron chi connectivity index (χ4n) is 2.84. The predicted molar refractivity (Wildman–Crippen MR) is 86.0 cm³/mol. The number of hydrogen-bond donors (Lipinski definition) is 1. The van der Waals surface area contributed by atoms with Crippen molar-refractivity contribution in [1.29, 1.82) is 0 Å². The molecule has 0 spiro atoms. The molecule has 1 amide bonds. The third-order valence-electron chi connectivity index (χ3n) is 4.07. The lowest BCUT2D eigenvalue weighted by atomic mass is 10.1. The van der Waals surface area contributed by atoms with E-state index in [0.717, 1.165) is 12.1 Å². The SMILES string of the molecule is O=C1NCCn2nc(-c3ccnc(-c4cc(F)ccc4C(F)(F)F)n3)cc21. The standard InChI is InChI=1S/C17H11F4N5O/c18-9-1-2-11(17(19,20)21)10(7-9)15-22-4-3-12(24-15)13-8-14-16(27)23-5-6-26(14)25-13/h1-4,7-8H,5-6H2,(H,23,27). The van der Waals surface area contributed by atoms with Gasteiger partial charge in [-0.2, -0.15) is 18.3 Å². The molecular formula is C17H11F4N5O. The predicted octanol–water partition coefficient (Wildman–Crippen LogP) is 2.91. The van der Waals surface area contributed by atoms with Gasteiger partial charge in [-0.1, -0.05) is 0 Å². The number of carbonyl (C=O) groups excluding carboxylic acids is 1. The van der Waals surface area contributed by atoms with Crippen molar-refractivity contribution in [3.05, 3.63) is 53.6 Å². The lowest BCUT2D eigenvalue weighted by Gasteiger charge is -2.13. The maximum absolute atomic E-state index is 13.6. The van der Waals surface area contributed by atoms with Crippen LogP contribution in [-0.4, -0.2) is 32.2 Å². The van der Waals surface area contributed by atoms with E-state index in [9.17, 15) is 22.4 Å². The topological polar surface area (TPSA) is 72.7 Å². The van der Waals surface area contributed by atoms with Gasteiger partial charge in [-0.3, -0.25) is 9.48 Å². The highest BCUT2D eigenvalue weighted by Gasteiger charge is 2.34. The van der Waals surface area contributed by atoms with E-state index in [4.69, 9.17) is 0 Å². The van der Waals surface area contributed by atoms with Crippen LogP contribution < -0.4 is 5.32 Å². The summed E-state index contributed by atoms with van der Waals surface area (Å²) in [7, 11) is 0. The largest absolute Gasteiger partial charge is 0.417 e. The number of nitrogens with one attached hydrogen (secondary N) is 1. The van der Waals surface area contributed by atoms with E-state index < -0.39 is 23.1 Å². The van der Waals surface area contributed by atoms with Crippen LogP contribution in [-0.2, 0) is 12.7 Å². The van der Waals surface area contributed by atoms with Gasteiger partial charge in [-0.05, 0) is 30.3 Å². The summed E-state index contributed by atoms with van der Waals surface area (Å²) < 4.78 is 54.8. The van der Waals surface area contributed by atoms with E-state index in [-0.39, 0.29) is 17.4 Å². The zero-order valence-electron chi connectivity index (χ0n) is 13.6. The molecule has 6 nitrogen and oxygen atoms in total. The first kappa shape index (κ1) is 17.1. The zero-order valence-corrected chi connectivity index (χ0v) is 13.6. The molecule has 0 bridgehead atoms. The first-order chi connectivity index (χ1) is 12.8. The fourth-order valence-corrected chi connectivity index (χ4v) is 2.84. The molecule has 3 aromatic rings. The summed E-state index contributed by atoms with van der Waals surface area (Å²) in [6.45, 7) is 0.904. The molecule has 0 fully saturated rings. The molecule has 1 N–H and O–H groups in total. The second-order valence-electron chi connectivity index (χ2n) is 5.85. The van der Waals surface area contributed by atoms with E-state index in [2.05, 4.69) is 20.4 Å². The van der Waals surface area contributed by atoms with Crippen molar-refractivity contribution in [1.82, 2.24) is 25.1 Å². The summed E-state index contributed by atoms with van der Waals surface area (Å²) in [5.74, 6) is -1.41. The normalized spacial score (nSPS) is 14.0. The summed E-state index contributed by atoms with van der Waals surface area (Å²) in [4.78, 5) is 19.8. The van der Waals surface area contributed by atoms with Crippen LogP contribution in [0.4, 0.5) is 17.6 Å². The Hall–Kier alpha value is -3.30. The van der Waals surface area contributed by atoms with Crippen molar-refractivity contribution in [3.63, 3.8) is 0 Å². The van der Waals surface area contributed by atoms with Crippen LogP contribution in [0.2, 0.25) is 0 Å². The maximum Gasteiger partial charge on any atom is 0.417 e. The number of aromatic nitrogens is 4. The van der Waals surface area contributed by atoms with Gasteiger partial charge in [0.05, 0.1) is 17.8 Å². The highest BCUT2D eigenvalue weighted by molar-refractivity contribution is 5.94. The number of carbonyl (C=O) groups is 1. The number of benzene rings is 1. The summed E-state index contributed by atoms with van der Waals surface area (Å²) in [6.07, 6.45) is -3.42. The van der Waals surface area contributed by atoms with Gasteiger partial charge in [0, 0.05) is 18.3 Å². The molecule has 0 aliphatic carbocycles. The Labute approximate surface area is 149 Å². The van der Waals surface area contributed by atoms with Crippen LogP contribution >= 0.6 is 0 Å². The number of hydrogen-bond acceptors (Lipinski definition) is 4. The van der Waals surface area contributed by atoms with Gasteiger partial charge in [0.15, 0.2) is 5.82 Å². The van der Waals surface area contributed by atoms with Crippen LogP contribution in [0.5, 0.6) is 0 Å². The maximum atomic E-state index is 13.6. The minimum absolute atomic E-state index is 0.229. The Balaban J connectivity index is 1.81. The minimum atomic E-state index is -4.69. The van der Waals surface area contributed by atoms with Crippen LogP contribution in [0.1, 0.15) is 16.1 Å². The molecule has 0 saturated heterocycles. The van der Waals surface area contributed by atoms with E-state index in [1.807, 2.05) is 0 Å². The summed E-state index contributed by atoms with van der Waals surface area (Å²) in [5.41, 5.74) is -0.628. The third-order valence-corrected chi connectivity index (χ3v) is 4.07. The Morgan fingerprint density at radius 3 is 2.67 bits per heavy atom. The Morgan fingerprint density at radius 1 is 1.11 bits per heavy atom. The van der Waals surface area contributed by atoms with Crippen molar-refractivity contribution in [2.45, 2.75) is 12.7 Å². The Kier molecular flexibility index (Phi) is 3.90. The highest BCUT2D eigenvalue weighted by atomic mass is 19.4. The molecule has 27 heavy (non-hydrogen) atoms. The Morgan fingerprint density at radius 2 is 1.93 bits per heavy atom. The lowest BCUT2D eigenvalue weighted by Crippen LogP contribution is -2.35. The van der Waals surface area contributed by atoms with Gasteiger partial charge in [0.1, 0.15) is 17.2 Å². The molecule has 2 aromatic heterocycles. The molecule has 1 aromatic carbocycles. The summed E-state index contributed by atoms with van der Waals surface area (Å²) in [5, 5.41) is 6.94. The number of fused-ring (bicyclic) bond motifs is 1. The van der Waals surface area contributed by atoms with E-state index in [1.165, 1.54) is 23.0 Å². The van der Waals surface area contributed by atoms with Crippen molar-refractivity contribution < 1.29 is 22.4 Å². The average molecular weight is 377 g/mol. The fraction of sp³-hybridized carbons (Fsp3) is 0.176. The lowest BCUT2D eigenvalue weighted by molar-refractivity contribution is -0.137. The van der Waals surface area contributed by atoms with Gasteiger partial charge in [-0.25, -0.2) is 14.4 Å². The zero-order chi connectivity index (χ0) is 19.2. The van der Waals surface area contributed by atoms with Gasteiger partial charge in [0.2, 0.25) is 0 Å². The molecule has 1 aliphatic rings. The number of nitrogens with zero attached hydrogens (tertiary/aromatic N) is 4. The second-order valence-corrected chi connectivity index (χ2v) is 5.85. The quantitative estimate of drug-likeness (QED) is 0.697. The van der Waals surface area contributed by atoms with Gasteiger partial charge in [-0.15, -0.1) is 0 Å². The number of rotatable bonds is 2. The van der Waals surface area contributed by atoms with Gasteiger partial charge in [0.25, 0.3) is 5.91 Å².